The van der Waals surface area contributed by atoms with Gasteiger partial charge in [0.05, 0.1) is 12.2 Å². The van der Waals surface area contributed by atoms with Gasteiger partial charge in [-0.25, -0.2) is 4.79 Å². The summed E-state index contributed by atoms with van der Waals surface area (Å²) in [4.78, 5) is 39.0. The number of piperidine rings is 1. The summed E-state index contributed by atoms with van der Waals surface area (Å²) in [7, 11) is 0. The quantitative estimate of drug-likeness (QED) is 0.635. The number of urea groups is 1. The van der Waals surface area contributed by atoms with E-state index in [1.807, 2.05) is 25.1 Å². The Balaban J connectivity index is 1.23. The van der Waals surface area contributed by atoms with Crippen molar-refractivity contribution in [2.24, 2.45) is 0 Å². The molecule has 3 saturated heterocycles. The van der Waals surface area contributed by atoms with Crippen LogP contribution in [-0.2, 0) is 17.9 Å². The van der Waals surface area contributed by atoms with Gasteiger partial charge in [0.2, 0.25) is 0 Å². The average Bonchev–Trinajstić information content (AvgIpc) is 3.45. The number of nitrogens with zero attached hydrogens (tertiary/aromatic N) is 5. The minimum absolute atomic E-state index is 0.0605. The molecule has 3 aliphatic heterocycles. The summed E-state index contributed by atoms with van der Waals surface area (Å²) in [6.07, 6.45) is 5.62. The molecule has 4 heterocycles. The van der Waals surface area contributed by atoms with Crippen molar-refractivity contribution < 1.29 is 9.59 Å². The summed E-state index contributed by atoms with van der Waals surface area (Å²) >= 11 is 0. The normalized spacial score (nSPS) is 20.9. The highest BCUT2D eigenvalue weighted by Gasteiger charge is 2.57. The van der Waals surface area contributed by atoms with Crippen LogP contribution in [0.5, 0.6) is 0 Å². The molecule has 33 heavy (non-hydrogen) atoms. The van der Waals surface area contributed by atoms with E-state index in [1.54, 1.807) is 11.1 Å². The van der Waals surface area contributed by atoms with Crippen LogP contribution in [0.1, 0.15) is 43.9 Å². The second-order valence-corrected chi connectivity index (χ2v) is 9.41. The van der Waals surface area contributed by atoms with E-state index in [-0.39, 0.29) is 18.5 Å². The first kappa shape index (κ1) is 21.9. The predicted octanol–water partition coefficient (Wildman–Crippen LogP) is 3.50. The third kappa shape index (κ3) is 4.10. The van der Waals surface area contributed by atoms with Crippen LogP contribution in [0.4, 0.5) is 10.5 Å². The molecule has 1 spiro atoms. The van der Waals surface area contributed by atoms with E-state index in [2.05, 4.69) is 39.0 Å². The number of carbonyl (C=O) groups excluding carboxylic acids is 2. The van der Waals surface area contributed by atoms with Gasteiger partial charge in [-0.1, -0.05) is 18.2 Å². The summed E-state index contributed by atoms with van der Waals surface area (Å²) in [5.41, 5.74) is 2.64. The summed E-state index contributed by atoms with van der Waals surface area (Å²) in [6.45, 7) is 7.55. The van der Waals surface area contributed by atoms with Crippen molar-refractivity contribution >= 4 is 17.6 Å². The lowest BCUT2D eigenvalue weighted by molar-refractivity contribution is -0.136. The Labute approximate surface area is 196 Å². The number of likely N-dealkylation sites (tertiary alicyclic amines) is 1. The molecule has 0 radical (unpaired) electrons. The van der Waals surface area contributed by atoms with Crippen LogP contribution < -0.4 is 4.90 Å². The summed E-state index contributed by atoms with van der Waals surface area (Å²) in [5, 5.41) is 0. The molecule has 7 nitrogen and oxygen atoms in total. The number of amides is 3. The molecule has 3 aliphatic rings. The molecular weight excluding hydrogens is 414 g/mol. The number of anilines is 1. The van der Waals surface area contributed by atoms with E-state index in [0.717, 1.165) is 38.4 Å². The lowest BCUT2D eigenvalue weighted by atomic mass is 9.85. The summed E-state index contributed by atoms with van der Waals surface area (Å²) in [6, 6.07) is 14.3. The van der Waals surface area contributed by atoms with Crippen LogP contribution in [0.25, 0.3) is 0 Å². The van der Waals surface area contributed by atoms with Gasteiger partial charge in [0.25, 0.3) is 5.91 Å². The number of carbonyl (C=O) groups is 2. The average molecular weight is 448 g/mol. The Hall–Kier alpha value is -2.93. The Morgan fingerprint density at radius 1 is 0.909 bits per heavy atom. The molecule has 5 rings (SSSR count). The van der Waals surface area contributed by atoms with Crippen molar-refractivity contribution in [3.8, 4) is 0 Å². The van der Waals surface area contributed by atoms with Crippen molar-refractivity contribution in [1.29, 1.82) is 0 Å². The van der Waals surface area contributed by atoms with Gasteiger partial charge < -0.3 is 9.80 Å². The molecule has 0 aliphatic carbocycles. The van der Waals surface area contributed by atoms with E-state index in [9.17, 15) is 9.59 Å². The molecule has 7 heteroatoms. The Bertz CT molecular complexity index is 980. The second kappa shape index (κ2) is 9.14. The number of likely N-dealkylation sites (N-methyl/N-ethyl adjacent to an activating group) is 1. The van der Waals surface area contributed by atoms with E-state index < -0.39 is 5.54 Å². The van der Waals surface area contributed by atoms with Gasteiger partial charge in [-0.05, 0) is 62.4 Å². The largest absolute Gasteiger partial charge is 0.372 e. The standard InChI is InChI=1S/C26H33N5O2/c1-2-31-25(33)30(20-22-7-3-4-14-27-22)24(32)26(31)12-17-28(18-13-26)19-21-8-10-23(11-9-21)29-15-5-6-16-29/h3-4,7-11,14H,2,5-6,12-13,15-20H2,1H3. The fourth-order valence-corrected chi connectivity index (χ4v) is 5.62. The summed E-state index contributed by atoms with van der Waals surface area (Å²) < 4.78 is 0. The Morgan fingerprint density at radius 3 is 2.27 bits per heavy atom. The highest BCUT2D eigenvalue weighted by atomic mass is 16.2. The first-order valence-corrected chi connectivity index (χ1v) is 12.2. The third-order valence-corrected chi connectivity index (χ3v) is 7.48. The zero-order chi connectivity index (χ0) is 22.8. The molecule has 1 aromatic carbocycles. The number of hydrogen-bond acceptors (Lipinski definition) is 5. The minimum Gasteiger partial charge on any atom is -0.372 e. The zero-order valence-electron chi connectivity index (χ0n) is 19.4. The third-order valence-electron chi connectivity index (χ3n) is 7.48. The fraction of sp³-hybridized carbons (Fsp3) is 0.500. The molecule has 1 aromatic heterocycles. The lowest BCUT2D eigenvalue weighted by Gasteiger charge is -2.42. The van der Waals surface area contributed by atoms with E-state index in [0.29, 0.717) is 19.4 Å². The SMILES string of the molecule is CCN1C(=O)N(Cc2ccccn2)C(=O)C12CCN(Cc1ccc(N3CCCC3)cc1)CC2. The monoisotopic (exact) mass is 447 g/mol. The fourth-order valence-electron chi connectivity index (χ4n) is 5.62. The Kier molecular flexibility index (Phi) is 6.06. The first-order valence-electron chi connectivity index (χ1n) is 12.2. The molecule has 0 atom stereocenters. The van der Waals surface area contributed by atoms with Crippen LogP contribution in [0.15, 0.2) is 48.7 Å². The van der Waals surface area contributed by atoms with E-state index in [1.165, 1.54) is 29.0 Å². The van der Waals surface area contributed by atoms with Crippen molar-refractivity contribution in [3.05, 3.63) is 59.9 Å². The van der Waals surface area contributed by atoms with Gasteiger partial charge in [-0.2, -0.15) is 0 Å². The molecule has 0 bridgehead atoms. The minimum atomic E-state index is -0.712. The van der Waals surface area contributed by atoms with Gasteiger partial charge in [0.15, 0.2) is 0 Å². The number of pyridine rings is 1. The maximum absolute atomic E-state index is 13.5. The molecule has 0 N–H and O–H groups in total. The molecule has 174 valence electrons. The van der Waals surface area contributed by atoms with Gasteiger partial charge in [-0.3, -0.25) is 19.6 Å². The van der Waals surface area contributed by atoms with Crippen molar-refractivity contribution in [3.63, 3.8) is 0 Å². The molecule has 3 fully saturated rings. The Morgan fingerprint density at radius 2 is 1.64 bits per heavy atom. The number of aromatic nitrogens is 1. The van der Waals surface area contributed by atoms with Crippen LogP contribution in [0, 0.1) is 0 Å². The van der Waals surface area contributed by atoms with Crippen molar-refractivity contribution in [1.82, 2.24) is 19.7 Å². The summed E-state index contributed by atoms with van der Waals surface area (Å²) in [5.74, 6) is -0.0605. The van der Waals surface area contributed by atoms with Gasteiger partial charge >= 0.3 is 6.03 Å². The lowest BCUT2D eigenvalue weighted by Crippen LogP contribution is -2.56. The molecule has 0 saturated carbocycles. The number of rotatable bonds is 6. The zero-order valence-corrected chi connectivity index (χ0v) is 19.4. The molecule has 2 aromatic rings. The van der Waals surface area contributed by atoms with Crippen LogP contribution in [0.2, 0.25) is 0 Å². The molecule has 3 amide bonds. The number of hydrogen-bond donors (Lipinski definition) is 0. The topological polar surface area (TPSA) is 60.0 Å². The van der Waals surface area contributed by atoms with E-state index >= 15 is 0 Å². The van der Waals surface area contributed by atoms with E-state index in [4.69, 9.17) is 0 Å². The van der Waals surface area contributed by atoms with Crippen molar-refractivity contribution in [2.45, 2.75) is 51.2 Å². The van der Waals surface area contributed by atoms with Crippen LogP contribution in [0.3, 0.4) is 0 Å². The van der Waals surface area contributed by atoms with Gasteiger partial charge in [0, 0.05) is 51.2 Å². The maximum Gasteiger partial charge on any atom is 0.328 e. The highest BCUT2D eigenvalue weighted by Crippen LogP contribution is 2.38. The first-order chi connectivity index (χ1) is 16.1. The number of imide groups is 1. The predicted molar refractivity (Wildman–Crippen MR) is 128 cm³/mol. The van der Waals surface area contributed by atoms with Crippen LogP contribution in [-0.4, -0.2) is 69.9 Å². The second-order valence-electron chi connectivity index (χ2n) is 9.41. The molecular formula is C26H33N5O2. The van der Waals surface area contributed by atoms with Crippen LogP contribution >= 0.6 is 0 Å². The number of benzene rings is 1. The smallest absolute Gasteiger partial charge is 0.328 e. The highest BCUT2D eigenvalue weighted by molar-refractivity contribution is 6.07. The van der Waals surface area contributed by atoms with Crippen molar-refractivity contribution in [2.75, 3.05) is 37.6 Å². The van der Waals surface area contributed by atoms with Gasteiger partial charge in [-0.15, -0.1) is 0 Å². The maximum atomic E-state index is 13.5. The van der Waals surface area contributed by atoms with Gasteiger partial charge in [0.1, 0.15) is 5.54 Å². The molecule has 0 unspecified atom stereocenters.